The standard InChI is InChI=1S/C14H14F3N3O/c1-10-8-13(20-9-19-10)18-6-7-21-12-4-2-11(3-5-12)14(15,16)17/h2-5,8-9H,6-7H2,1H3,(H,18,19,20). The van der Waals surface area contributed by atoms with Crippen LogP contribution in [0, 0.1) is 6.92 Å². The number of anilines is 1. The third kappa shape index (κ3) is 4.62. The number of alkyl halides is 3. The zero-order chi connectivity index (χ0) is 15.3. The van der Waals surface area contributed by atoms with E-state index in [0.29, 0.717) is 24.7 Å². The van der Waals surface area contributed by atoms with Crippen LogP contribution in [0.3, 0.4) is 0 Å². The minimum Gasteiger partial charge on any atom is -0.492 e. The van der Waals surface area contributed by atoms with Crippen molar-refractivity contribution in [1.82, 2.24) is 9.97 Å². The zero-order valence-electron chi connectivity index (χ0n) is 11.3. The summed E-state index contributed by atoms with van der Waals surface area (Å²) in [4.78, 5) is 7.99. The normalized spacial score (nSPS) is 11.2. The number of aryl methyl sites for hydroxylation is 1. The molecule has 0 fully saturated rings. The van der Waals surface area contributed by atoms with Crippen molar-refractivity contribution in [3.8, 4) is 5.75 Å². The number of hydrogen-bond acceptors (Lipinski definition) is 4. The molecule has 0 aliphatic carbocycles. The van der Waals surface area contributed by atoms with Crippen molar-refractivity contribution in [3.63, 3.8) is 0 Å². The minimum atomic E-state index is -4.33. The molecular weight excluding hydrogens is 283 g/mol. The largest absolute Gasteiger partial charge is 0.492 e. The molecule has 4 nitrogen and oxygen atoms in total. The Kier molecular flexibility index (Phi) is 4.62. The average Bonchev–Trinajstić information content (AvgIpc) is 2.43. The molecule has 0 atom stereocenters. The topological polar surface area (TPSA) is 47.0 Å². The van der Waals surface area contributed by atoms with Crippen LogP contribution in [-0.2, 0) is 6.18 Å². The van der Waals surface area contributed by atoms with Gasteiger partial charge in [0.2, 0.25) is 0 Å². The Labute approximate surface area is 120 Å². The van der Waals surface area contributed by atoms with Gasteiger partial charge in [-0.2, -0.15) is 13.2 Å². The fourth-order valence-electron chi connectivity index (χ4n) is 1.64. The van der Waals surface area contributed by atoms with E-state index in [1.165, 1.54) is 18.5 Å². The van der Waals surface area contributed by atoms with Gasteiger partial charge in [-0.3, -0.25) is 0 Å². The van der Waals surface area contributed by atoms with E-state index in [9.17, 15) is 13.2 Å². The summed E-state index contributed by atoms with van der Waals surface area (Å²) in [5.41, 5.74) is 0.153. The monoisotopic (exact) mass is 297 g/mol. The molecule has 0 spiro atoms. The van der Waals surface area contributed by atoms with Crippen molar-refractivity contribution < 1.29 is 17.9 Å². The number of aromatic nitrogens is 2. The van der Waals surface area contributed by atoms with Gasteiger partial charge in [-0.1, -0.05) is 0 Å². The Balaban J connectivity index is 1.79. The van der Waals surface area contributed by atoms with Gasteiger partial charge in [-0.25, -0.2) is 9.97 Å². The average molecular weight is 297 g/mol. The first kappa shape index (κ1) is 15.1. The van der Waals surface area contributed by atoms with Crippen LogP contribution in [0.15, 0.2) is 36.7 Å². The second-order valence-electron chi connectivity index (χ2n) is 4.34. The maximum absolute atomic E-state index is 12.4. The highest BCUT2D eigenvalue weighted by molar-refractivity contribution is 5.34. The van der Waals surface area contributed by atoms with Gasteiger partial charge in [0.15, 0.2) is 0 Å². The van der Waals surface area contributed by atoms with E-state index in [1.54, 1.807) is 6.07 Å². The number of benzene rings is 1. The summed E-state index contributed by atoms with van der Waals surface area (Å²) in [5, 5.41) is 3.04. The van der Waals surface area contributed by atoms with Gasteiger partial charge < -0.3 is 10.1 Å². The Morgan fingerprint density at radius 3 is 2.48 bits per heavy atom. The first-order valence-electron chi connectivity index (χ1n) is 6.28. The number of nitrogens with one attached hydrogen (secondary N) is 1. The summed E-state index contributed by atoms with van der Waals surface area (Å²) >= 11 is 0. The van der Waals surface area contributed by atoms with E-state index >= 15 is 0 Å². The molecule has 2 aromatic rings. The SMILES string of the molecule is Cc1cc(NCCOc2ccc(C(F)(F)F)cc2)ncn1. The lowest BCUT2D eigenvalue weighted by atomic mass is 10.2. The van der Waals surface area contributed by atoms with E-state index in [4.69, 9.17) is 4.74 Å². The maximum Gasteiger partial charge on any atom is 0.416 e. The molecule has 0 radical (unpaired) electrons. The second-order valence-corrected chi connectivity index (χ2v) is 4.34. The molecule has 0 saturated carbocycles. The smallest absolute Gasteiger partial charge is 0.416 e. The zero-order valence-corrected chi connectivity index (χ0v) is 11.3. The van der Waals surface area contributed by atoms with Gasteiger partial charge in [-0.05, 0) is 31.2 Å². The molecule has 1 aromatic heterocycles. The van der Waals surface area contributed by atoms with Crippen LogP contribution < -0.4 is 10.1 Å². The maximum atomic E-state index is 12.4. The molecule has 7 heteroatoms. The fourth-order valence-corrected chi connectivity index (χ4v) is 1.64. The minimum absolute atomic E-state index is 0.314. The predicted octanol–water partition coefficient (Wildman–Crippen LogP) is 3.29. The Morgan fingerprint density at radius 2 is 1.86 bits per heavy atom. The van der Waals surface area contributed by atoms with E-state index in [0.717, 1.165) is 17.8 Å². The first-order chi connectivity index (χ1) is 9.95. The number of halogens is 3. The Bertz CT molecular complexity index is 585. The molecule has 0 saturated heterocycles. The highest BCUT2D eigenvalue weighted by Crippen LogP contribution is 2.30. The lowest BCUT2D eigenvalue weighted by Crippen LogP contribution is -2.12. The van der Waals surface area contributed by atoms with Crippen LogP contribution in [0.4, 0.5) is 19.0 Å². The predicted molar refractivity (Wildman–Crippen MR) is 72.2 cm³/mol. The summed E-state index contributed by atoms with van der Waals surface area (Å²) in [6.45, 7) is 2.65. The van der Waals surface area contributed by atoms with Crippen LogP contribution in [0.5, 0.6) is 5.75 Å². The van der Waals surface area contributed by atoms with E-state index in [-0.39, 0.29) is 0 Å². The van der Waals surface area contributed by atoms with Crippen molar-refractivity contribution >= 4 is 5.82 Å². The van der Waals surface area contributed by atoms with Gasteiger partial charge >= 0.3 is 6.18 Å². The molecule has 0 aliphatic heterocycles. The quantitative estimate of drug-likeness (QED) is 0.860. The van der Waals surface area contributed by atoms with E-state index in [1.807, 2.05) is 6.92 Å². The van der Waals surface area contributed by atoms with Crippen LogP contribution in [0.1, 0.15) is 11.3 Å². The summed E-state index contributed by atoms with van der Waals surface area (Å²) in [5.74, 6) is 1.07. The molecule has 1 heterocycles. The molecule has 1 N–H and O–H groups in total. The van der Waals surface area contributed by atoms with Crippen LogP contribution in [0.25, 0.3) is 0 Å². The molecule has 0 bridgehead atoms. The molecule has 2 rings (SSSR count). The number of ether oxygens (including phenoxy) is 1. The van der Waals surface area contributed by atoms with Gasteiger partial charge in [0.05, 0.1) is 12.1 Å². The second kappa shape index (κ2) is 6.43. The molecule has 1 aromatic carbocycles. The highest BCUT2D eigenvalue weighted by atomic mass is 19.4. The third-order valence-electron chi connectivity index (χ3n) is 2.66. The Morgan fingerprint density at radius 1 is 1.14 bits per heavy atom. The number of rotatable bonds is 5. The lowest BCUT2D eigenvalue weighted by molar-refractivity contribution is -0.137. The van der Waals surface area contributed by atoms with Gasteiger partial charge in [0, 0.05) is 11.8 Å². The molecule has 0 unspecified atom stereocenters. The number of nitrogens with zero attached hydrogens (tertiary/aromatic N) is 2. The highest BCUT2D eigenvalue weighted by Gasteiger charge is 2.29. The van der Waals surface area contributed by atoms with Gasteiger partial charge in [0.1, 0.15) is 24.5 Å². The van der Waals surface area contributed by atoms with Crippen LogP contribution >= 0.6 is 0 Å². The van der Waals surface area contributed by atoms with E-state index < -0.39 is 11.7 Å². The third-order valence-corrected chi connectivity index (χ3v) is 2.66. The molecule has 0 amide bonds. The Hall–Kier alpha value is -2.31. The van der Waals surface area contributed by atoms with Crippen LogP contribution in [0.2, 0.25) is 0 Å². The van der Waals surface area contributed by atoms with Crippen LogP contribution in [-0.4, -0.2) is 23.1 Å². The van der Waals surface area contributed by atoms with Crippen molar-refractivity contribution in [2.45, 2.75) is 13.1 Å². The summed E-state index contributed by atoms with van der Waals surface area (Å²) in [6.07, 6.45) is -2.88. The molecular formula is C14H14F3N3O. The van der Waals surface area contributed by atoms with Crippen molar-refractivity contribution in [2.75, 3.05) is 18.5 Å². The van der Waals surface area contributed by atoms with Crippen molar-refractivity contribution in [2.24, 2.45) is 0 Å². The molecule has 112 valence electrons. The van der Waals surface area contributed by atoms with Crippen molar-refractivity contribution in [3.05, 3.63) is 47.9 Å². The van der Waals surface area contributed by atoms with Gasteiger partial charge in [-0.15, -0.1) is 0 Å². The first-order valence-corrected chi connectivity index (χ1v) is 6.28. The number of hydrogen-bond donors (Lipinski definition) is 1. The summed E-state index contributed by atoms with van der Waals surface area (Å²) in [7, 11) is 0. The van der Waals surface area contributed by atoms with Crippen molar-refractivity contribution in [1.29, 1.82) is 0 Å². The summed E-state index contributed by atoms with van der Waals surface area (Å²) < 4.78 is 42.5. The van der Waals surface area contributed by atoms with Gasteiger partial charge in [0.25, 0.3) is 0 Å². The van der Waals surface area contributed by atoms with E-state index in [2.05, 4.69) is 15.3 Å². The molecule has 21 heavy (non-hydrogen) atoms. The lowest BCUT2D eigenvalue weighted by Gasteiger charge is -2.10. The summed E-state index contributed by atoms with van der Waals surface area (Å²) in [6, 6.07) is 6.39. The molecule has 0 aliphatic rings. The fraction of sp³-hybridized carbons (Fsp3) is 0.286.